The molecule has 2 unspecified atom stereocenters. The molecule has 0 spiro atoms. The lowest BCUT2D eigenvalue weighted by Crippen LogP contribution is -2.18. The van der Waals surface area contributed by atoms with Crippen molar-refractivity contribution in [2.45, 2.75) is 66.2 Å². The number of rotatable bonds is 8. The molecule has 0 amide bonds. The van der Waals surface area contributed by atoms with E-state index in [4.69, 9.17) is 4.52 Å². The molecule has 4 nitrogen and oxygen atoms in total. The Kier molecular flexibility index (Phi) is 6.19. The predicted octanol–water partition coefficient (Wildman–Crippen LogP) is 3.77. The van der Waals surface area contributed by atoms with E-state index >= 15 is 0 Å². The molecule has 108 valence electrons. The molecule has 1 heterocycles. The summed E-state index contributed by atoms with van der Waals surface area (Å²) in [6.45, 7) is 10.2. The van der Waals surface area contributed by atoms with Crippen LogP contribution in [0.4, 0.5) is 0 Å². The quantitative estimate of drug-likeness (QED) is 0.718. The predicted molar refractivity (Wildman–Crippen MR) is 75.0 cm³/mol. The number of hydrogen-bond donors (Lipinski definition) is 0. The van der Waals surface area contributed by atoms with Gasteiger partial charge in [-0.25, -0.2) is 0 Å². The average Bonchev–Trinajstić information content (AvgIpc) is 2.78. The molecule has 1 aromatic rings. The van der Waals surface area contributed by atoms with Crippen molar-refractivity contribution >= 4 is 5.78 Å². The monoisotopic (exact) mass is 266 g/mol. The maximum Gasteiger partial charge on any atom is 0.237 e. The van der Waals surface area contributed by atoms with Crippen LogP contribution in [0.1, 0.15) is 71.5 Å². The molecule has 4 heteroatoms. The van der Waals surface area contributed by atoms with Gasteiger partial charge in [0.2, 0.25) is 5.89 Å². The molecule has 0 radical (unpaired) electrons. The van der Waals surface area contributed by atoms with Crippen molar-refractivity contribution in [2.75, 3.05) is 0 Å². The minimum Gasteiger partial charge on any atom is -0.339 e. The van der Waals surface area contributed by atoms with E-state index in [2.05, 4.69) is 24.0 Å². The van der Waals surface area contributed by atoms with Crippen molar-refractivity contribution in [2.24, 2.45) is 11.8 Å². The van der Waals surface area contributed by atoms with Crippen molar-refractivity contribution < 1.29 is 9.32 Å². The Morgan fingerprint density at radius 1 is 1.26 bits per heavy atom. The summed E-state index contributed by atoms with van der Waals surface area (Å²) in [5.74, 6) is 1.70. The van der Waals surface area contributed by atoms with E-state index in [-0.39, 0.29) is 17.6 Å². The molecule has 1 rings (SSSR count). The van der Waals surface area contributed by atoms with Crippen LogP contribution in [0.15, 0.2) is 4.52 Å². The Balaban J connectivity index is 2.74. The minimum atomic E-state index is -0.247. The first kappa shape index (κ1) is 15.9. The maximum absolute atomic E-state index is 12.1. The van der Waals surface area contributed by atoms with Crippen LogP contribution >= 0.6 is 0 Å². The maximum atomic E-state index is 12.1. The second-order valence-electron chi connectivity index (χ2n) is 5.66. The number of nitrogens with zero attached hydrogens (tertiary/aromatic N) is 2. The summed E-state index contributed by atoms with van der Waals surface area (Å²) in [4.78, 5) is 16.5. The first-order chi connectivity index (χ1) is 8.99. The summed E-state index contributed by atoms with van der Waals surface area (Å²) in [5, 5.41) is 4.01. The Morgan fingerprint density at radius 2 is 1.95 bits per heavy atom. The van der Waals surface area contributed by atoms with E-state index in [9.17, 15) is 4.79 Å². The van der Waals surface area contributed by atoms with Crippen LogP contribution in [-0.4, -0.2) is 15.9 Å². The van der Waals surface area contributed by atoms with E-state index in [1.165, 1.54) is 0 Å². The Morgan fingerprint density at radius 3 is 2.47 bits per heavy atom. The fourth-order valence-electron chi connectivity index (χ4n) is 2.30. The number of ketones is 1. The third-order valence-electron chi connectivity index (χ3n) is 3.42. The van der Waals surface area contributed by atoms with Crippen molar-refractivity contribution in [1.29, 1.82) is 0 Å². The molecule has 2 atom stereocenters. The molecule has 0 aromatic carbocycles. The van der Waals surface area contributed by atoms with Gasteiger partial charge in [-0.2, -0.15) is 4.98 Å². The third-order valence-corrected chi connectivity index (χ3v) is 3.42. The van der Waals surface area contributed by atoms with Gasteiger partial charge in [-0.3, -0.25) is 4.79 Å². The SMILES string of the molecule is CCCC(C)Cc1noc(C(CC)C(=O)C(C)C)n1. The van der Waals surface area contributed by atoms with Gasteiger partial charge in [0.05, 0.1) is 5.92 Å². The summed E-state index contributed by atoms with van der Waals surface area (Å²) in [6.07, 6.45) is 3.86. The normalized spacial score (nSPS) is 14.6. The number of Topliss-reactive ketones (excluding diaryl/α,β-unsaturated/α-hetero) is 1. The molecule has 0 aliphatic carbocycles. The van der Waals surface area contributed by atoms with Crippen LogP contribution in [0.2, 0.25) is 0 Å². The van der Waals surface area contributed by atoms with Crippen LogP contribution in [0.25, 0.3) is 0 Å². The molecule has 0 bridgehead atoms. The highest BCUT2D eigenvalue weighted by Crippen LogP contribution is 2.23. The van der Waals surface area contributed by atoms with Crippen LogP contribution in [0, 0.1) is 11.8 Å². The molecule has 0 fully saturated rings. The van der Waals surface area contributed by atoms with Gasteiger partial charge in [0.1, 0.15) is 5.78 Å². The van der Waals surface area contributed by atoms with Crippen molar-refractivity contribution in [3.63, 3.8) is 0 Å². The second-order valence-corrected chi connectivity index (χ2v) is 5.66. The highest BCUT2D eigenvalue weighted by atomic mass is 16.5. The zero-order valence-corrected chi connectivity index (χ0v) is 12.8. The number of hydrogen-bond acceptors (Lipinski definition) is 4. The van der Waals surface area contributed by atoms with E-state index in [0.717, 1.165) is 25.1 Å². The first-order valence-corrected chi connectivity index (χ1v) is 7.35. The highest BCUT2D eigenvalue weighted by molar-refractivity contribution is 5.86. The van der Waals surface area contributed by atoms with Crippen molar-refractivity contribution in [1.82, 2.24) is 10.1 Å². The summed E-state index contributed by atoms with van der Waals surface area (Å²) in [7, 11) is 0. The molecule has 0 aliphatic heterocycles. The summed E-state index contributed by atoms with van der Waals surface area (Å²) in [5.41, 5.74) is 0. The highest BCUT2D eigenvalue weighted by Gasteiger charge is 2.26. The largest absolute Gasteiger partial charge is 0.339 e. The van der Waals surface area contributed by atoms with Crippen molar-refractivity contribution in [3.05, 3.63) is 11.7 Å². The van der Waals surface area contributed by atoms with Crippen LogP contribution in [0.3, 0.4) is 0 Å². The zero-order chi connectivity index (χ0) is 14.4. The van der Waals surface area contributed by atoms with E-state index < -0.39 is 0 Å². The fraction of sp³-hybridized carbons (Fsp3) is 0.800. The summed E-state index contributed by atoms with van der Waals surface area (Å²) < 4.78 is 5.29. The lowest BCUT2D eigenvalue weighted by Gasteiger charge is -2.11. The Hall–Kier alpha value is -1.19. The smallest absolute Gasteiger partial charge is 0.237 e. The van der Waals surface area contributed by atoms with Gasteiger partial charge in [0.15, 0.2) is 5.82 Å². The van der Waals surface area contributed by atoms with E-state index in [0.29, 0.717) is 18.2 Å². The summed E-state index contributed by atoms with van der Waals surface area (Å²) in [6, 6.07) is 0. The Bertz CT molecular complexity index is 399. The topological polar surface area (TPSA) is 56.0 Å². The summed E-state index contributed by atoms with van der Waals surface area (Å²) >= 11 is 0. The van der Waals surface area contributed by atoms with Crippen LogP contribution < -0.4 is 0 Å². The van der Waals surface area contributed by atoms with E-state index in [1.54, 1.807) is 0 Å². The molecule has 1 aromatic heterocycles. The molecule has 0 aliphatic rings. The number of carbonyl (C=O) groups excluding carboxylic acids is 1. The van der Waals surface area contributed by atoms with Gasteiger partial charge in [-0.15, -0.1) is 0 Å². The van der Waals surface area contributed by atoms with Crippen molar-refractivity contribution in [3.8, 4) is 0 Å². The van der Waals surface area contributed by atoms with Gasteiger partial charge in [0.25, 0.3) is 0 Å². The van der Waals surface area contributed by atoms with Gasteiger partial charge < -0.3 is 4.52 Å². The molecule has 0 N–H and O–H groups in total. The lowest BCUT2D eigenvalue weighted by atomic mass is 9.93. The standard InChI is InChI=1S/C15H26N2O2/c1-6-8-11(5)9-13-16-15(19-17-13)12(7-2)14(18)10(3)4/h10-12H,6-9H2,1-5H3. The lowest BCUT2D eigenvalue weighted by molar-refractivity contribution is -0.124. The van der Waals surface area contributed by atoms with Gasteiger partial charge >= 0.3 is 0 Å². The second kappa shape index (κ2) is 7.41. The first-order valence-electron chi connectivity index (χ1n) is 7.35. The van der Waals surface area contributed by atoms with Gasteiger partial charge in [-0.1, -0.05) is 52.6 Å². The third kappa shape index (κ3) is 4.44. The Labute approximate surface area is 116 Å². The van der Waals surface area contributed by atoms with Crippen LogP contribution in [-0.2, 0) is 11.2 Å². The zero-order valence-electron chi connectivity index (χ0n) is 12.8. The number of aromatic nitrogens is 2. The molecular weight excluding hydrogens is 240 g/mol. The van der Waals surface area contributed by atoms with Gasteiger partial charge in [-0.05, 0) is 12.3 Å². The minimum absolute atomic E-state index is 0.000634. The molecular formula is C15H26N2O2. The van der Waals surface area contributed by atoms with Gasteiger partial charge in [0, 0.05) is 12.3 Å². The molecule has 19 heavy (non-hydrogen) atoms. The molecule has 0 saturated heterocycles. The average molecular weight is 266 g/mol. The van der Waals surface area contributed by atoms with Crippen LogP contribution in [0.5, 0.6) is 0 Å². The number of carbonyl (C=O) groups is 1. The fourth-order valence-corrected chi connectivity index (χ4v) is 2.30. The van der Waals surface area contributed by atoms with E-state index in [1.807, 2.05) is 20.8 Å². The molecule has 0 saturated carbocycles.